The van der Waals surface area contributed by atoms with Gasteiger partial charge in [-0.3, -0.25) is 10.1 Å². The average molecular weight is 326 g/mol. The molecule has 2 aromatic rings. The minimum absolute atomic E-state index is 0.112. The van der Waals surface area contributed by atoms with Gasteiger partial charge in [0.1, 0.15) is 0 Å². The zero-order chi connectivity index (χ0) is 15.4. The first-order valence-electron chi connectivity index (χ1n) is 5.72. The number of hydrogen-bond acceptors (Lipinski definition) is 3. The van der Waals surface area contributed by atoms with Crippen molar-refractivity contribution in [2.45, 2.75) is 0 Å². The van der Waals surface area contributed by atoms with Gasteiger partial charge in [0.05, 0.1) is 4.92 Å². The van der Waals surface area contributed by atoms with Crippen molar-refractivity contribution in [1.29, 1.82) is 0 Å². The minimum atomic E-state index is -0.561. The van der Waals surface area contributed by atoms with Crippen LogP contribution in [0.4, 0.5) is 21.9 Å². The van der Waals surface area contributed by atoms with Gasteiger partial charge in [0.25, 0.3) is 5.69 Å². The van der Waals surface area contributed by atoms with E-state index in [2.05, 4.69) is 10.6 Å². The number of hydrogen-bond donors (Lipinski definition) is 2. The fraction of sp³-hybridized carbons (Fsp3) is 0. The number of rotatable bonds is 3. The normalized spacial score (nSPS) is 10.0. The maximum atomic E-state index is 11.8. The van der Waals surface area contributed by atoms with Crippen LogP contribution in [0.1, 0.15) is 0 Å². The number of nitrogens with one attached hydrogen (secondary N) is 2. The topological polar surface area (TPSA) is 84.3 Å². The molecule has 0 bridgehead atoms. The van der Waals surface area contributed by atoms with Crippen molar-refractivity contribution < 1.29 is 9.72 Å². The monoisotopic (exact) mass is 325 g/mol. The molecule has 108 valence electrons. The van der Waals surface area contributed by atoms with Gasteiger partial charge in [0.2, 0.25) is 0 Å². The molecule has 0 aromatic heterocycles. The molecule has 8 heteroatoms. The molecule has 21 heavy (non-hydrogen) atoms. The quantitative estimate of drug-likeness (QED) is 0.641. The second kappa shape index (κ2) is 6.43. The highest BCUT2D eigenvalue weighted by atomic mass is 35.5. The van der Waals surface area contributed by atoms with Gasteiger partial charge >= 0.3 is 6.03 Å². The van der Waals surface area contributed by atoms with E-state index in [-0.39, 0.29) is 5.69 Å². The lowest BCUT2D eigenvalue weighted by Gasteiger charge is -2.08. The van der Waals surface area contributed by atoms with Crippen molar-refractivity contribution in [3.8, 4) is 0 Å². The number of anilines is 2. The maximum absolute atomic E-state index is 11.8. The predicted octanol–water partition coefficient (Wildman–Crippen LogP) is 4.55. The van der Waals surface area contributed by atoms with Gasteiger partial charge in [-0.15, -0.1) is 0 Å². The van der Waals surface area contributed by atoms with Gasteiger partial charge in [0.15, 0.2) is 0 Å². The first kappa shape index (κ1) is 15.1. The average Bonchev–Trinajstić information content (AvgIpc) is 2.37. The van der Waals surface area contributed by atoms with Crippen molar-refractivity contribution in [3.63, 3.8) is 0 Å². The molecule has 2 N–H and O–H groups in total. The number of nitrogens with zero attached hydrogens (tertiary/aromatic N) is 1. The fourth-order valence-electron chi connectivity index (χ4n) is 1.62. The van der Waals surface area contributed by atoms with Crippen molar-refractivity contribution >= 4 is 46.3 Å². The van der Waals surface area contributed by atoms with Crippen LogP contribution < -0.4 is 10.6 Å². The molecule has 0 aliphatic heterocycles. The van der Waals surface area contributed by atoms with Crippen molar-refractivity contribution in [2.75, 3.05) is 10.6 Å². The van der Waals surface area contributed by atoms with Crippen LogP contribution in [0.3, 0.4) is 0 Å². The van der Waals surface area contributed by atoms with Crippen LogP contribution in [-0.2, 0) is 0 Å². The predicted molar refractivity (Wildman–Crippen MR) is 82.2 cm³/mol. The highest BCUT2D eigenvalue weighted by Gasteiger charge is 2.08. The third-order valence-electron chi connectivity index (χ3n) is 2.44. The molecule has 0 aliphatic carbocycles. The van der Waals surface area contributed by atoms with Gasteiger partial charge in [0, 0.05) is 33.6 Å². The molecule has 0 radical (unpaired) electrons. The van der Waals surface area contributed by atoms with Crippen LogP contribution in [-0.4, -0.2) is 11.0 Å². The number of carbonyl (C=O) groups is 1. The molecule has 2 amide bonds. The third kappa shape index (κ3) is 4.34. The van der Waals surface area contributed by atoms with E-state index in [0.29, 0.717) is 21.4 Å². The number of halogens is 2. The number of nitro groups is 1. The largest absolute Gasteiger partial charge is 0.323 e. The number of benzene rings is 2. The van der Waals surface area contributed by atoms with E-state index in [4.69, 9.17) is 23.2 Å². The molecule has 0 unspecified atom stereocenters. The second-order valence-corrected chi connectivity index (χ2v) is 4.92. The van der Waals surface area contributed by atoms with Gasteiger partial charge in [-0.1, -0.05) is 29.3 Å². The van der Waals surface area contributed by atoms with Crippen molar-refractivity contribution in [2.24, 2.45) is 0 Å². The number of urea groups is 1. The van der Waals surface area contributed by atoms with E-state index in [0.717, 1.165) is 0 Å². The maximum Gasteiger partial charge on any atom is 0.323 e. The first-order valence-corrected chi connectivity index (χ1v) is 6.48. The van der Waals surface area contributed by atoms with Crippen molar-refractivity contribution in [3.05, 3.63) is 62.6 Å². The zero-order valence-electron chi connectivity index (χ0n) is 10.5. The number of non-ortho nitro benzene ring substituents is 1. The fourth-order valence-corrected chi connectivity index (χ4v) is 2.14. The Labute approximate surface area is 129 Å². The summed E-state index contributed by atoms with van der Waals surface area (Å²) in [5.74, 6) is 0. The Bertz CT molecular complexity index is 687. The van der Waals surface area contributed by atoms with Gasteiger partial charge in [-0.25, -0.2) is 4.79 Å². The summed E-state index contributed by atoms with van der Waals surface area (Å²) in [6.07, 6.45) is 0. The summed E-state index contributed by atoms with van der Waals surface area (Å²) in [6, 6.07) is 9.63. The van der Waals surface area contributed by atoms with E-state index >= 15 is 0 Å². The molecule has 0 fully saturated rings. The molecule has 0 heterocycles. The molecule has 0 saturated heterocycles. The molecule has 0 saturated carbocycles. The Morgan fingerprint density at radius 2 is 1.62 bits per heavy atom. The highest BCUT2D eigenvalue weighted by Crippen LogP contribution is 2.23. The van der Waals surface area contributed by atoms with Crippen LogP contribution >= 0.6 is 23.2 Å². The lowest BCUT2D eigenvalue weighted by molar-refractivity contribution is -0.384. The zero-order valence-corrected chi connectivity index (χ0v) is 12.0. The Morgan fingerprint density at radius 3 is 2.24 bits per heavy atom. The summed E-state index contributed by atoms with van der Waals surface area (Å²) in [5.41, 5.74) is 0.601. The van der Waals surface area contributed by atoms with E-state index in [1.165, 1.54) is 42.5 Å². The van der Waals surface area contributed by atoms with Crippen molar-refractivity contribution in [1.82, 2.24) is 0 Å². The molecule has 0 spiro atoms. The van der Waals surface area contributed by atoms with Crippen LogP contribution in [0.2, 0.25) is 10.0 Å². The van der Waals surface area contributed by atoms with Crippen LogP contribution in [0.15, 0.2) is 42.5 Å². The molecule has 6 nitrogen and oxygen atoms in total. The second-order valence-electron chi connectivity index (χ2n) is 4.04. The number of amides is 2. The van der Waals surface area contributed by atoms with Gasteiger partial charge in [-0.2, -0.15) is 0 Å². The minimum Gasteiger partial charge on any atom is -0.308 e. The number of nitro benzene ring substituents is 1. The first-order chi connectivity index (χ1) is 9.94. The van der Waals surface area contributed by atoms with Crippen LogP contribution in [0, 0.1) is 10.1 Å². The summed E-state index contributed by atoms with van der Waals surface area (Å²) in [4.78, 5) is 21.9. The molecule has 0 aliphatic rings. The Morgan fingerprint density at radius 1 is 1.00 bits per heavy atom. The third-order valence-corrected chi connectivity index (χ3v) is 2.87. The Balaban J connectivity index is 2.08. The summed E-state index contributed by atoms with van der Waals surface area (Å²) < 4.78 is 0. The molecule has 0 atom stereocenters. The highest BCUT2D eigenvalue weighted by molar-refractivity contribution is 6.35. The van der Waals surface area contributed by atoms with Gasteiger partial charge < -0.3 is 10.6 Å². The molecular weight excluding hydrogens is 317 g/mol. The van der Waals surface area contributed by atoms with E-state index in [9.17, 15) is 14.9 Å². The van der Waals surface area contributed by atoms with E-state index < -0.39 is 11.0 Å². The summed E-state index contributed by atoms with van der Waals surface area (Å²) >= 11 is 11.6. The van der Waals surface area contributed by atoms with Crippen LogP contribution in [0.5, 0.6) is 0 Å². The Hall–Kier alpha value is -2.31. The standard InChI is InChI=1S/C13H9Cl2N3O3/c14-8-4-9(15)6-11(5-8)17-13(19)16-10-2-1-3-12(7-10)18(20)21/h1-7H,(H2,16,17,19). The lowest BCUT2D eigenvalue weighted by Crippen LogP contribution is -2.19. The SMILES string of the molecule is O=C(Nc1cc(Cl)cc(Cl)c1)Nc1cccc([N+](=O)[O-])c1. The van der Waals surface area contributed by atoms with Gasteiger partial charge in [-0.05, 0) is 24.3 Å². The van der Waals surface area contributed by atoms with E-state index in [1.54, 1.807) is 0 Å². The molecule has 2 aromatic carbocycles. The molecular formula is C13H9Cl2N3O3. The van der Waals surface area contributed by atoms with Crippen LogP contribution in [0.25, 0.3) is 0 Å². The summed E-state index contributed by atoms with van der Waals surface area (Å²) in [5, 5.41) is 16.4. The Kier molecular flexibility index (Phi) is 4.62. The molecule has 2 rings (SSSR count). The summed E-state index contributed by atoms with van der Waals surface area (Å²) in [6.45, 7) is 0. The summed E-state index contributed by atoms with van der Waals surface area (Å²) in [7, 11) is 0. The smallest absolute Gasteiger partial charge is 0.308 e. The number of carbonyl (C=O) groups excluding carboxylic acids is 1. The van der Waals surface area contributed by atoms with E-state index in [1.807, 2.05) is 0 Å². The lowest BCUT2D eigenvalue weighted by atomic mass is 10.3.